The number of ether oxygens (including phenoxy) is 2. The number of para-hydroxylation sites is 1. The molecule has 3 aromatic rings. The summed E-state index contributed by atoms with van der Waals surface area (Å²) in [6, 6.07) is 13.3. The topological polar surface area (TPSA) is 39.4 Å². The van der Waals surface area contributed by atoms with Gasteiger partial charge in [0.2, 0.25) is 23.4 Å². The number of hydrogen-bond donors (Lipinski definition) is 0. The first-order valence-corrected chi connectivity index (χ1v) is 7.72. The van der Waals surface area contributed by atoms with Crippen molar-refractivity contribution in [2.75, 3.05) is 14.2 Å². The molecule has 0 unspecified atom stereocenters. The quantitative estimate of drug-likeness (QED) is 0.455. The third kappa shape index (κ3) is 3.54. The fourth-order valence-corrected chi connectivity index (χ4v) is 3.24. The monoisotopic (exact) mass is 393 g/mol. The van der Waals surface area contributed by atoms with E-state index in [4.69, 9.17) is 9.47 Å². The average Bonchev–Trinajstić information content (AvgIpc) is 2.97. The number of fused-ring (bicyclic) bond motifs is 1. The van der Waals surface area contributed by atoms with Gasteiger partial charge in [-0.05, 0) is 24.3 Å². The Morgan fingerprint density at radius 2 is 1.83 bits per heavy atom. The number of hydrogen-bond acceptors (Lipinski definition) is 4. The molecule has 0 radical (unpaired) electrons. The molecule has 0 atom stereocenters. The fourth-order valence-electron chi connectivity index (χ4n) is 2.35. The van der Waals surface area contributed by atoms with Gasteiger partial charge < -0.3 is 26.5 Å². The third-order valence-electron chi connectivity index (χ3n) is 3.50. The molecule has 3 rings (SSSR count). The Balaban J connectivity index is 0.00000192. The lowest BCUT2D eigenvalue weighted by Crippen LogP contribution is -3.00. The van der Waals surface area contributed by atoms with Crippen molar-refractivity contribution in [1.29, 1.82) is 0 Å². The number of nitrogens with zero attached hydrogens (tertiary/aromatic N) is 1. The molecule has 0 saturated carbocycles. The molecule has 0 saturated heterocycles. The first-order chi connectivity index (χ1) is 10.7. The van der Waals surface area contributed by atoms with Crippen molar-refractivity contribution in [3.8, 4) is 11.5 Å². The van der Waals surface area contributed by atoms with E-state index in [1.165, 1.54) is 4.70 Å². The second-order valence-corrected chi connectivity index (χ2v) is 5.70. The van der Waals surface area contributed by atoms with Gasteiger partial charge >= 0.3 is 0 Å². The predicted molar refractivity (Wildman–Crippen MR) is 85.9 cm³/mol. The van der Waals surface area contributed by atoms with Crippen LogP contribution in [-0.2, 0) is 6.54 Å². The molecule has 0 amide bonds. The Morgan fingerprint density at radius 3 is 2.57 bits per heavy atom. The van der Waals surface area contributed by atoms with E-state index in [0.29, 0.717) is 23.6 Å². The van der Waals surface area contributed by atoms with Crippen LogP contribution in [0.5, 0.6) is 11.5 Å². The zero-order chi connectivity index (χ0) is 15.5. The van der Waals surface area contributed by atoms with Gasteiger partial charge in [-0.1, -0.05) is 23.5 Å². The van der Waals surface area contributed by atoms with Crippen molar-refractivity contribution in [3.05, 3.63) is 53.5 Å². The molecule has 0 bridgehead atoms. The van der Waals surface area contributed by atoms with E-state index in [1.54, 1.807) is 43.8 Å². The van der Waals surface area contributed by atoms with E-state index in [0.717, 1.165) is 5.52 Å². The zero-order valence-corrected chi connectivity index (χ0v) is 15.2. The van der Waals surface area contributed by atoms with Crippen LogP contribution in [0, 0.1) is 0 Å². The highest BCUT2D eigenvalue weighted by Gasteiger charge is 2.18. The van der Waals surface area contributed by atoms with Gasteiger partial charge in [-0.2, -0.15) is 4.57 Å². The highest BCUT2D eigenvalue weighted by molar-refractivity contribution is 7.16. The maximum atomic E-state index is 12.5. The molecular formula is C17H16BrNO3S. The van der Waals surface area contributed by atoms with Crippen molar-refractivity contribution in [1.82, 2.24) is 0 Å². The van der Waals surface area contributed by atoms with Gasteiger partial charge in [-0.15, -0.1) is 0 Å². The molecular weight excluding hydrogens is 378 g/mol. The van der Waals surface area contributed by atoms with Crippen LogP contribution in [0.3, 0.4) is 0 Å². The first-order valence-electron chi connectivity index (χ1n) is 6.84. The van der Waals surface area contributed by atoms with Gasteiger partial charge in [0, 0.05) is 11.6 Å². The molecule has 2 aromatic carbocycles. The molecule has 0 aliphatic carbocycles. The van der Waals surface area contributed by atoms with Crippen LogP contribution in [-0.4, -0.2) is 20.0 Å². The van der Waals surface area contributed by atoms with E-state index in [9.17, 15) is 4.79 Å². The van der Waals surface area contributed by atoms with Gasteiger partial charge in [0.15, 0.2) is 11.5 Å². The lowest BCUT2D eigenvalue weighted by atomic mass is 10.1. The van der Waals surface area contributed by atoms with Crippen molar-refractivity contribution < 1.29 is 35.8 Å². The van der Waals surface area contributed by atoms with Crippen molar-refractivity contribution in [2.45, 2.75) is 6.54 Å². The number of thiazole rings is 1. The Labute approximate surface area is 149 Å². The average molecular weight is 394 g/mol. The van der Waals surface area contributed by atoms with Crippen molar-refractivity contribution in [2.24, 2.45) is 0 Å². The van der Waals surface area contributed by atoms with Gasteiger partial charge in [0.05, 0.1) is 14.2 Å². The summed E-state index contributed by atoms with van der Waals surface area (Å²) in [5, 5.41) is 0. The fraction of sp³-hybridized carbons (Fsp3) is 0.176. The number of carbonyl (C=O) groups excluding carboxylic acids is 1. The minimum atomic E-state index is 0. The largest absolute Gasteiger partial charge is 1.00 e. The maximum Gasteiger partial charge on any atom is 0.227 e. The number of ketones is 1. The smallest absolute Gasteiger partial charge is 0.227 e. The molecule has 1 aromatic heterocycles. The van der Waals surface area contributed by atoms with E-state index in [-0.39, 0.29) is 22.8 Å². The summed E-state index contributed by atoms with van der Waals surface area (Å²) >= 11 is 1.63. The van der Waals surface area contributed by atoms with E-state index in [1.807, 2.05) is 28.3 Å². The SMILES string of the molecule is COc1ccc(C(=O)C[n+]2csc3ccccc32)cc1OC.[Br-]. The van der Waals surface area contributed by atoms with E-state index in [2.05, 4.69) is 6.07 Å². The number of carbonyl (C=O) groups is 1. The normalized spacial score (nSPS) is 10.2. The molecule has 120 valence electrons. The van der Waals surface area contributed by atoms with Gasteiger partial charge in [0.1, 0.15) is 4.70 Å². The highest BCUT2D eigenvalue weighted by atomic mass is 79.9. The van der Waals surface area contributed by atoms with Crippen LogP contribution in [0.15, 0.2) is 48.0 Å². The molecule has 0 N–H and O–H groups in total. The molecule has 23 heavy (non-hydrogen) atoms. The lowest BCUT2D eigenvalue weighted by Gasteiger charge is -2.08. The van der Waals surface area contributed by atoms with Crippen LogP contribution in [0.4, 0.5) is 0 Å². The number of benzene rings is 2. The van der Waals surface area contributed by atoms with Crippen LogP contribution in [0.2, 0.25) is 0 Å². The zero-order valence-electron chi connectivity index (χ0n) is 12.8. The maximum absolute atomic E-state index is 12.5. The number of halogens is 1. The van der Waals surface area contributed by atoms with Crippen molar-refractivity contribution in [3.63, 3.8) is 0 Å². The van der Waals surface area contributed by atoms with Crippen molar-refractivity contribution >= 4 is 27.3 Å². The Kier molecular flexibility index (Phi) is 5.74. The molecule has 6 heteroatoms. The lowest BCUT2D eigenvalue weighted by molar-refractivity contribution is -0.652. The van der Waals surface area contributed by atoms with Crippen LogP contribution < -0.4 is 31.0 Å². The summed E-state index contributed by atoms with van der Waals surface area (Å²) in [6.07, 6.45) is 0. The number of rotatable bonds is 5. The minimum absolute atomic E-state index is 0. The second kappa shape index (κ2) is 7.57. The summed E-state index contributed by atoms with van der Waals surface area (Å²) in [7, 11) is 3.14. The standard InChI is InChI=1S/C17H16NO3S.BrH/c1-20-15-8-7-12(9-16(15)21-2)14(19)10-18-11-22-17-6-4-3-5-13(17)18;/h3-9,11H,10H2,1-2H3;1H/q+1;/p-1. The molecule has 4 nitrogen and oxygen atoms in total. The van der Waals surface area contributed by atoms with E-state index >= 15 is 0 Å². The number of methoxy groups -OCH3 is 2. The summed E-state index contributed by atoms with van der Waals surface area (Å²) < 4.78 is 13.6. The summed E-state index contributed by atoms with van der Waals surface area (Å²) in [6.45, 7) is 0.305. The molecule has 0 aliphatic heterocycles. The number of aromatic nitrogens is 1. The third-order valence-corrected chi connectivity index (χ3v) is 4.46. The summed E-state index contributed by atoms with van der Waals surface area (Å²) in [5.41, 5.74) is 3.66. The van der Waals surface area contributed by atoms with Crippen LogP contribution in [0.1, 0.15) is 10.4 Å². The summed E-state index contributed by atoms with van der Waals surface area (Å²) in [5.74, 6) is 1.22. The van der Waals surface area contributed by atoms with Gasteiger partial charge in [-0.3, -0.25) is 4.79 Å². The minimum Gasteiger partial charge on any atom is -1.00 e. The predicted octanol–water partition coefficient (Wildman–Crippen LogP) is 0.0929. The molecule has 0 fully saturated rings. The van der Waals surface area contributed by atoms with Gasteiger partial charge in [-0.25, -0.2) is 0 Å². The number of Topliss-reactive ketones (excluding diaryl/α,β-unsaturated/α-hetero) is 1. The Morgan fingerprint density at radius 1 is 1.09 bits per heavy atom. The van der Waals surface area contributed by atoms with Gasteiger partial charge in [0.25, 0.3) is 0 Å². The van der Waals surface area contributed by atoms with E-state index < -0.39 is 0 Å². The van der Waals surface area contributed by atoms with Crippen LogP contribution in [0.25, 0.3) is 10.2 Å². The highest BCUT2D eigenvalue weighted by Crippen LogP contribution is 2.27. The molecule has 0 aliphatic rings. The molecule has 1 heterocycles. The Bertz CT molecular complexity index is 832. The molecule has 0 spiro atoms. The second-order valence-electron chi connectivity index (χ2n) is 4.81. The van der Waals surface area contributed by atoms with Crippen LogP contribution >= 0.6 is 11.3 Å². The summed E-state index contributed by atoms with van der Waals surface area (Å²) in [4.78, 5) is 12.5. The first kappa shape index (κ1) is 17.4. The Hall–Kier alpha value is -1.92.